The van der Waals surface area contributed by atoms with Crippen LogP contribution in [0.25, 0.3) is 0 Å². The first-order valence-electron chi connectivity index (χ1n) is 7.35. The summed E-state index contributed by atoms with van der Waals surface area (Å²) in [7, 11) is 0. The quantitative estimate of drug-likeness (QED) is 0.856. The van der Waals surface area contributed by atoms with Gasteiger partial charge in [-0.3, -0.25) is 4.79 Å². The fraction of sp³-hybridized carbons (Fsp3) is 0.533. The van der Waals surface area contributed by atoms with E-state index in [1.165, 1.54) is 12.8 Å². The Hall–Kier alpha value is -1.27. The zero-order valence-electron chi connectivity index (χ0n) is 11.5. The molecule has 1 aromatic rings. The van der Waals surface area contributed by atoms with Gasteiger partial charge in [-0.1, -0.05) is 0 Å². The van der Waals surface area contributed by atoms with Crippen LogP contribution >= 0.6 is 15.9 Å². The Balaban J connectivity index is 1.49. The molecule has 1 amide bonds. The largest absolute Gasteiger partial charge is 0.454 e. The van der Waals surface area contributed by atoms with Gasteiger partial charge in [-0.2, -0.15) is 0 Å². The smallest absolute Gasteiger partial charge is 0.251 e. The third-order valence-corrected chi connectivity index (χ3v) is 5.09. The van der Waals surface area contributed by atoms with Gasteiger partial charge in [0.15, 0.2) is 11.5 Å². The van der Waals surface area contributed by atoms with Crippen LogP contribution in [0.1, 0.15) is 36.0 Å². The van der Waals surface area contributed by atoms with Crippen LogP contribution in [0.2, 0.25) is 0 Å². The van der Waals surface area contributed by atoms with E-state index in [1.54, 1.807) is 12.1 Å². The lowest BCUT2D eigenvalue weighted by atomic mass is 9.99. The zero-order chi connectivity index (χ0) is 14.4. The van der Waals surface area contributed by atoms with Crippen LogP contribution in [0, 0.1) is 0 Å². The van der Waals surface area contributed by atoms with Crippen LogP contribution < -0.4 is 20.1 Å². The van der Waals surface area contributed by atoms with Crippen molar-refractivity contribution in [2.24, 2.45) is 0 Å². The van der Waals surface area contributed by atoms with Crippen molar-refractivity contribution in [3.8, 4) is 11.5 Å². The number of amides is 1. The Labute approximate surface area is 131 Å². The van der Waals surface area contributed by atoms with Crippen LogP contribution in [0.15, 0.2) is 16.6 Å². The molecule has 0 radical (unpaired) electrons. The molecule has 21 heavy (non-hydrogen) atoms. The highest BCUT2D eigenvalue weighted by molar-refractivity contribution is 9.10. The Morgan fingerprint density at radius 3 is 2.76 bits per heavy atom. The van der Waals surface area contributed by atoms with Gasteiger partial charge in [0.25, 0.3) is 5.91 Å². The second kappa shape index (κ2) is 5.18. The van der Waals surface area contributed by atoms with Crippen LogP contribution in [0.4, 0.5) is 0 Å². The van der Waals surface area contributed by atoms with Crippen molar-refractivity contribution in [1.82, 2.24) is 10.6 Å². The molecular weight excluding hydrogens is 336 g/mol. The van der Waals surface area contributed by atoms with Crippen molar-refractivity contribution < 1.29 is 14.3 Å². The molecular formula is C15H17BrN2O3. The molecule has 0 aromatic heterocycles. The lowest BCUT2D eigenvalue weighted by Gasteiger charge is -2.29. The van der Waals surface area contributed by atoms with Crippen LogP contribution in [-0.2, 0) is 0 Å². The van der Waals surface area contributed by atoms with Gasteiger partial charge < -0.3 is 20.1 Å². The molecule has 3 aliphatic rings. The minimum absolute atomic E-state index is 0.0414. The lowest BCUT2D eigenvalue weighted by molar-refractivity contribution is 0.0923. The standard InChI is InChI=1S/C15H17BrN2O3/c16-12-3-8(4-13-14(12)21-7-20-13)15(19)18-11-5-9-1-2-10(6-11)17-9/h3-4,9-11,17H,1-2,5-7H2,(H,18,19). The number of hydrogen-bond acceptors (Lipinski definition) is 4. The summed E-state index contributed by atoms with van der Waals surface area (Å²) < 4.78 is 11.5. The summed E-state index contributed by atoms with van der Waals surface area (Å²) in [4.78, 5) is 12.4. The number of carbonyl (C=O) groups is 1. The van der Waals surface area contributed by atoms with Gasteiger partial charge in [-0.15, -0.1) is 0 Å². The average molecular weight is 353 g/mol. The Kier molecular flexibility index (Phi) is 3.30. The number of benzene rings is 1. The highest BCUT2D eigenvalue weighted by atomic mass is 79.9. The molecule has 2 fully saturated rings. The summed E-state index contributed by atoms with van der Waals surface area (Å²) in [5, 5.41) is 6.74. The number of carbonyl (C=O) groups excluding carboxylic acids is 1. The monoisotopic (exact) mass is 352 g/mol. The van der Waals surface area contributed by atoms with Crippen molar-refractivity contribution in [1.29, 1.82) is 0 Å². The number of rotatable bonds is 2. The molecule has 1 aromatic carbocycles. The molecule has 2 unspecified atom stereocenters. The molecule has 2 N–H and O–H groups in total. The Morgan fingerprint density at radius 1 is 1.24 bits per heavy atom. The van der Waals surface area contributed by atoms with Gasteiger partial charge >= 0.3 is 0 Å². The van der Waals surface area contributed by atoms with E-state index in [9.17, 15) is 4.79 Å². The minimum atomic E-state index is -0.0414. The molecule has 3 heterocycles. The predicted molar refractivity (Wildman–Crippen MR) is 80.7 cm³/mol. The van der Waals surface area contributed by atoms with Crippen molar-refractivity contribution in [2.75, 3.05) is 6.79 Å². The summed E-state index contributed by atoms with van der Waals surface area (Å²) in [6.07, 6.45) is 4.50. The first-order chi connectivity index (χ1) is 10.2. The van der Waals surface area contributed by atoms with Crippen molar-refractivity contribution in [2.45, 2.75) is 43.8 Å². The van der Waals surface area contributed by atoms with Crippen molar-refractivity contribution in [3.05, 3.63) is 22.2 Å². The van der Waals surface area contributed by atoms with E-state index in [4.69, 9.17) is 9.47 Å². The molecule has 4 rings (SSSR count). The van der Waals surface area contributed by atoms with Crippen molar-refractivity contribution >= 4 is 21.8 Å². The normalized spacial score (nSPS) is 29.5. The molecule has 2 saturated heterocycles. The number of ether oxygens (including phenoxy) is 2. The molecule has 0 spiro atoms. The summed E-state index contributed by atoms with van der Waals surface area (Å²) >= 11 is 3.43. The minimum Gasteiger partial charge on any atom is -0.454 e. The fourth-order valence-corrected chi connectivity index (χ4v) is 4.10. The molecule has 0 saturated carbocycles. The maximum Gasteiger partial charge on any atom is 0.251 e. The first kappa shape index (κ1) is 13.4. The number of fused-ring (bicyclic) bond motifs is 3. The zero-order valence-corrected chi connectivity index (χ0v) is 13.1. The second-order valence-corrected chi connectivity index (χ2v) is 6.83. The van der Waals surface area contributed by atoms with Crippen LogP contribution in [0.5, 0.6) is 11.5 Å². The maximum atomic E-state index is 12.4. The topological polar surface area (TPSA) is 59.6 Å². The second-order valence-electron chi connectivity index (χ2n) is 5.97. The van der Waals surface area contributed by atoms with Gasteiger partial charge in [-0.25, -0.2) is 0 Å². The molecule has 2 atom stereocenters. The van der Waals surface area contributed by atoms with Gasteiger partial charge in [0.2, 0.25) is 6.79 Å². The summed E-state index contributed by atoms with van der Waals surface area (Å²) in [6, 6.07) is 4.94. The Bertz CT molecular complexity index is 581. The lowest BCUT2D eigenvalue weighted by Crippen LogP contribution is -2.48. The molecule has 3 aliphatic heterocycles. The van der Waals surface area contributed by atoms with Crippen molar-refractivity contribution in [3.63, 3.8) is 0 Å². The third-order valence-electron chi connectivity index (χ3n) is 4.50. The maximum absolute atomic E-state index is 12.4. The predicted octanol–water partition coefficient (Wildman–Crippen LogP) is 2.19. The third kappa shape index (κ3) is 2.51. The van der Waals surface area contributed by atoms with E-state index < -0.39 is 0 Å². The van der Waals surface area contributed by atoms with E-state index in [0.29, 0.717) is 29.1 Å². The number of nitrogens with one attached hydrogen (secondary N) is 2. The highest BCUT2D eigenvalue weighted by Gasteiger charge is 2.34. The number of piperidine rings is 1. The first-order valence-corrected chi connectivity index (χ1v) is 8.14. The molecule has 5 nitrogen and oxygen atoms in total. The van der Waals surface area contributed by atoms with Crippen LogP contribution in [0.3, 0.4) is 0 Å². The van der Waals surface area contributed by atoms with E-state index in [0.717, 1.165) is 17.3 Å². The molecule has 112 valence electrons. The summed E-state index contributed by atoms with van der Waals surface area (Å²) in [6.45, 7) is 0.205. The van der Waals surface area contributed by atoms with Gasteiger partial charge in [0.05, 0.1) is 4.47 Å². The molecule has 2 bridgehead atoms. The Morgan fingerprint density at radius 2 is 2.00 bits per heavy atom. The molecule has 0 aliphatic carbocycles. The number of hydrogen-bond donors (Lipinski definition) is 2. The van der Waals surface area contributed by atoms with Gasteiger partial charge in [-0.05, 0) is 53.7 Å². The average Bonchev–Trinajstić information content (AvgIpc) is 3.05. The SMILES string of the molecule is O=C(NC1CC2CCC(C1)N2)c1cc(Br)c2c(c1)OCO2. The van der Waals surface area contributed by atoms with Gasteiger partial charge in [0, 0.05) is 23.7 Å². The van der Waals surface area contributed by atoms with E-state index in [1.807, 2.05) is 0 Å². The van der Waals surface area contributed by atoms with E-state index >= 15 is 0 Å². The highest BCUT2D eigenvalue weighted by Crippen LogP contribution is 2.40. The molecule has 6 heteroatoms. The van der Waals surface area contributed by atoms with Gasteiger partial charge in [0.1, 0.15) is 0 Å². The fourth-order valence-electron chi connectivity index (χ4n) is 3.54. The van der Waals surface area contributed by atoms with E-state index in [2.05, 4.69) is 26.6 Å². The number of halogens is 1. The summed E-state index contributed by atoms with van der Waals surface area (Å²) in [5.74, 6) is 1.26. The van der Waals surface area contributed by atoms with E-state index in [-0.39, 0.29) is 18.7 Å². The van der Waals surface area contributed by atoms with Crippen LogP contribution in [-0.4, -0.2) is 30.8 Å². The summed E-state index contributed by atoms with van der Waals surface area (Å²) in [5.41, 5.74) is 0.608.